The van der Waals surface area contributed by atoms with Crippen LogP contribution in [0.3, 0.4) is 0 Å². The van der Waals surface area contributed by atoms with Gasteiger partial charge in [0.25, 0.3) is 0 Å². The summed E-state index contributed by atoms with van der Waals surface area (Å²) < 4.78 is 5.20. The first-order chi connectivity index (χ1) is 13.1. The van der Waals surface area contributed by atoms with Gasteiger partial charge in [-0.2, -0.15) is 0 Å². The van der Waals surface area contributed by atoms with Crippen molar-refractivity contribution in [2.24, 2.45) is 0 Å². The topological polar surface area (TPSA) is 33.3 Å². The monoisotopic (exact) mass is 376 g/mol. The van der Waals surface area contributed by atoms with Crippen molar-refractivity contribution in [1.82, 2.24) is 5.32 Å². The number of nitrogens with one attached hydrogen (secondary N) is 2. The molecule has 0 aliphatic carbocycles. The van der Waals surface area contributed by atoms with Gasteiger partial charge < -0.3 is 15.4 Å². The van der Waals surface area contributed by atoms with Crippen molar-refractivity contribution in [2.45, 2.75) is 19.9 Å². The molecule has 138 valence electrons. The second kappa shape index (κ2) is 8.69. The lowest BCUT2D eigenvalue weighted by molar-refractivity contribution is 0.415. The van der Waals surface area contributed by atoms with Gasteiger partial charge in [0.2, 0.25) is 0 Å². The highest BCUT2D eigenvalue weighted by molar-refractivity contribution is 7.80. The molecule has 4 heteroatoms. The first kappa shape index (κ1) is 18.9. The Labute approximate surface area is 166 Å². The fourth-order valence-corrected chi connectivity index (χ4v) is 3.34. The average molecular weight is 377 g/mol. The minimum absolute atomic E-state index is 0.0231. The van der Waals surface area contributed by atoms with E-state index < -0.39 is 0 Å². The lowest BCUT2D eigenvalue weighted by atomic mass is 9.94. The number of thiocarbonyl (C=S) groups is 1. The van der Waals surface area contributed by atoms with Crippen LogP contribution < -0.4 is 15.4 Å². The standard InChI is InChI=1S/C23H24N2OS/c1-16-9-14-21(17(2)15-16)22(18-7-5-4-6-8-18)25-23(27)24-19-10-12-20(26-3)13-11-19/h4-15,22H,1-3H3,(H2,24,25,27)/t22-/m0/s1. The molecule has 0 aromatic heterocycles. The van der Waals surface area contributed by atoms with Gasteiger partial charge in [-0.05, 0) is 67.0 Å². The molecular weight excluding hydrogens is 352 g/mol. The van der Waals surface area contributed by atoms with Crippen LogP contribution in [-0.2, 0) is 0 Å². The van der Waals surface area contributed by atoms with Crippen LogP contribution in [0, 0.1) is 13.8 Å². The molecule has 0 amide bonds. The summed E-state index contributed by atoms with van der Waals surface area (Å²) in [6, 6.07) is 24.6. The minimum atomic E-state index is -0.0231. The Morgan fingerprint density at radius 2 is 1.63 bits per heavy atom. The second-order valence-corrected chi connectivity index (χ2v) is 6.94. The molecule has 0 fully saturated rings. The smallest absolute Gasteiger partial charge is 0.171 e. The zero-order valence-electron chi connectivity index (χ0n) is 15.8. The molecule has 3 nitrogen and oxygen atoms in total. The molecule has 1 atom stereocenters. The van der Waals surface area contributed by atoms with Crippen molar-refractivity contribution in [3.05, 3.63) is 95.1 Å². The van der Waals surface area contributed by atoms with Crippen molar-refractivity contribution in [3.63, 3.8) is 0 Å². The molecule has 0 saturated heterocycles. The van der Waals surface area contributed by atoms with Gasteiger partial charge in [-0.3, -0.25) is 0 Å². The van der Waals surface area contributed by atoms with Gasteiger partial charge in [-0.25, -0.2) is 0 Å². The SMILES string of the molecule is COc1ccc(NC(=S)N[C@@H](c2ccccc2)c2ccc(C)cc2C)cc1. The first-order valence-electron chi connectivity index (χ1n) is 8.90. The number of hydrogen-bond donors (Lipinski definition) is 2. The van der Waals surface area contributed by atoms with E-state index in [1.807, 2.05) is 42.5 Å². The number of benzene rings is 3. The predicted molar refractivity (Wildman–Crippen MR) is 117 cm³/mol. The highest BCUT2D eigenvalue weighted by Gasteiger charge is 2.17. The summed E-state index contributed by atoms with van der Waals surface area (Å²) in [6.45, 7) is 4.25. The van der Waals surface area contributed by atoms with Crippen molar-refractivity contribution < 1.29 is 4.74 Å². The number of aryl methyl sites for hydroxylation is 2. The Bertz CT molecular complexity index is 907. The number of ether oxygens (including phenoxy) is 1. The molecule has 0 saturated carbocycles. The fourth-order valence-electron chi connectivity index (χ4n) is 3.11. The van der Waals surface area contributed by atoms with Crippen LogP contribution in [0.15, 0.2) is 72.8 Å². The molecular formula is C23H24N2OS. The summed E-state index contributed by atoms with van der Waals surface area (Å²) in [5, 5.41) is 7.31. The van der Waals surface area contributed by atoms with E-state index in [2.05, 4.69) is 54.8 Å². The maximum atomic E-state index is 5.59. The highest BCUT2D eigenvalue weighted by Crippen LogP contribution is 2.26. The molecule has 3 aromatic rings. The van der Waals surface area contributed by atoms with Crippen molar-refractivity contribution in [2.75, 3.05) is 12.4 Å². The third-order valence-corrected chi connectivity index (χ3v) is 4.71. The Morgan fingerprint density at radius 3 is 2.26 bits per heavy atom. The van der Waals surface area contributed by atoms with E-state index in [-0.39, 0.29) is 6.04 Å². The molecule has 0 aliphatic heterocycles. The third-order valence-electron chi connectivity index (χ3n) is 4.49. The first-order valence-corrected chi connectivity index (χ1v) is 9.31. The average Bonchev–Trinajstić information content (AvgIpc) is 2.68. The van der Waals surface area contributed by atoms with Crippen molar-refractivity contribution >= 4 is 23.0 Å². The number of hydrogen-bond acceptors (Lipinski definition) is 2. The highest BCUT2D eigenvalue weighted by atomic mass is 32.1. The van der Waals surface area contributed by atoms with Gasteiger partial charge in [0.15, 0.2) is 5.11 Å². The molecule has 3 aromatic carbocycles. The molecule has 27 heavy (non-hydrogen) atoms. The van der Waals surface area contributed by atoms with E-state index in [0.717, 1.165) is 11.4 Å². The van der Waals surface area contributed by atoms with E-state index in [4.69, 9.17) is 17.0 Å². The second-order valence-electron chi connectivity index (χ2n) is 6.53. The number of anilines is 1. The van der Waals surface area contributed by atoms with Crippen LogP contribution >= 0.6 is 12.2 Å². The molecule has 0 aliphatic rings. The Kier molecular flexibility index (Phi) is 6.09. The Balaban J connectivity index is 1.83. The van der Waals surface area contributed by atoms with Crippen molar-refractivity contribution in [3.8, 4) is 5.75 Å². The van der Waals surface area contributed by atoms with Crippen LogP contribution in [-0.4, -0.2) is 12.2 Å². The largest absolute Gasteiger partial charge is 0.497 e. The van der Waals surface area contributed by atoms with Gasteiger partial charge in [0.1, 0.15) is 5.75 Å². The molecule has 0 spiro atoms. The minimum Gasteiger partial charge on any atom is -0.497 e. The molecule has 0 heterocycles. The predicted octanol–water partition coefficient (Wildman–Crippen LogP) is 5.39. The Hall–Kier alpha value is -2.85. The van der Waals surface area contributed by atoms with Gasteiger partial charge in [0, 0.05) is 5.69 Å². The van der Waals surface area contributed by atoms with E-state index in [1.165, 1.54) is 22.3 Å². The molecule has 0 unspecified atom stereocenters. The fraction of sp³-hybridized carbons (Fsp3) is 0.174. The quantitative estimate of drug-likeness (QED) is 0.585. The van der Waals surface area contributed by atoms with Gasteiger partial charge in [-0.1, -0.05) is 54.1 Å². The maximum absolute atomic E-state index is 5.59. The summed E-state index contributed by atoms with van der Waals surface area (Å²) in [5.41, 5.74) is 5.79. The maximum Gasteiger partial charge on any atom is 0.171 e. The lowest BCUT2D eigenvalue weighted by Gasteiger charge is -2.24. The van der Waals surface area contributed by atoms with Gasteiger partial charge in [-0.15, -0.1) is 0 Å². The van der Waals surface area contributed by atoms with Crippen LogP contribution in [0.4, 0.5) is 5.69 Å². The van der Waals surface area contributed by atoms with E-state index >= 15 is 0 Å². The molecule has 0 radical (unpaired) electrons. The summed E-state index contributed by atoms with van der Waals surface area (Å²) in [5.74, 6) is 0.817. The van der Waals surface area contributed by atoms with Crippen LogP contribution in [0.25, 0.3) is 0 Å². The summed E-state index contributed by atoms with van der Waals surface area (Å²) in [4.78, 5) is 0. The number of methoxy groups -OCH3 is 1. The Morgan fingerprint density at radius 1 is 0.926 bits per heavy atom. The van der Waals surface area contributed by atoms with Crippen LogP contribution in [0.5, 0.6) is 5.75 Å². The zero-order valence-corrected chi connectivity index (χ0v) is 16.6. The van der Waals surface area contributed by atoms with E-state index in [0.29, 0.717) is 5.11 Å². The lowest BCUT2D eigenvalue weighted by Crippen LogP contribution is -2.33. The number of rotatable bonds is 5. The van der Waals surface area contributed by atoms with Crippen molar-refractivity contribution in [1.29, 1.82) is 0 Å². The third kappa shape index (κ3) is 4.86. The van der Waals surface area contributed by atoms with E-state index in [1.54, 1.807) is 7.11 Å². The van der Waals surface area contributed by atoms with Crippen LogP contribution in [0.2, 0.25) is 0 Å². The molecule has 3 rings (SSSR count). The van der Waals surface area contributed by atoms with E-state index in [9.17, 15) is 0 Å². The normalized spacial score (nSPS) is 11.5. The molecule has 2 N–H and O–H groups in total. The van der Waals surface area contributed by atoms with Gasteiger partial charge >= 0.3 is 0 Å². The van der Waals surface area contributed by atoms with Gasteiger partial charge in [0.05, 0.1) is 13.2 Å². The summed E-state index contributed by atoms with van der Waals surface area (Å²) >= 11 is 5.59. The summed E-state index contributed by atoms with van der Waals surface area (Å²) in [6.07, 6.45) is 0. The molecule has 0 bridgehead atoms. The summed E-state index contributed by atoms with van der Waals surface area (Å²) in [7, 11) is 1.66. The zero-order chi connectivity index (χ0) is 19.2. The van der Waals surface area contributed by atoms with Crippen LogP contribution in [0.1, 0.15) is 28.3 Å².